The van der Waals surface area contributed by atoms with Gasteiger partial charge in [-0.3, -0.25) is 13.9 Å². The molecule has 0 saturated heterocycles. The maximum absolute atomic E-state index is 13.4. The Hall–Kier alpha value is -2.78. The number of carbonyl (C=O) groups excluding carboxylic acids is 2. The third kappa shape index (κ3) is 7.10. The third-order valence-corrected chi connectivity index (χ3v) is 6.44. The minimum atomic E-state index is -3.88. The molecular formula is C23H30ClN3O5S. The lowest BCUT2D eigenvalue weighted by Crippen LogP contribution is -2.51. The van der Waals surface area contributed by atoms with E-state index >= 15 is 0 Å². The van der Waals surface area contributed by atoms with E-state index in [1.165, 1.54) is 24.1 Å². The second kappa shape index (κ2) is 11.4. The number of methoxy groups -OCH3 is 1. The van der Waals surface area contributed by atoms with Crippen molar-refractivity contribution in [1.82, 2.24) is 10.2 Å². The van der Waals surface area contributed by atoms with E-state index in [0.717, 1.165) is 21.7 Å². The summed E-state index contributed by atoms with van der Waals surface area (Å²) in [7, 11) is -2.49. The van der Waals surface area contributed by atoms with E-state index in [0.29, 0.717) is 11.6 Å². The van der Waals surface area contributed by atoms with Crippen LogP contribution >= 0.6 is 11.6 Å². The van der Waals surface area contributed by atoms with Crippen LogP contribution in [-0.2, 0) is 26.2 Å². The average molecular weight is 496 g/mol. The lowest BCUT2D eigenvalue weighted by atomic mass is 10.1. The standard InChI is InChI=1S/C23H30ClN3O5S/c1-6-25-23(29)17(3)26(14-18-9-7-16(2)8-10-18)22(28)15-27(33(5,30)31)20-13-19(24)11-12-21(20)32-4/h7-13,17H,6,14-15H2,1-5H3,(H,25,29)/t17-/m1/s1. The molecule has 0 fully saturated rings. The molecule has 1 atom stereocenters. The van der Waals surface area contributed by atoms with Crippen molar-refractivity contribution >= 4 is 39.1 Å². The fourth-order valence-corrected chi connectivity index (χ4v) is 4.26. The van der Waals surface area contributed by atoms with E-state index < -0.39 is 28.5 Å². The molecule has 10 heteroatoms. The van der Waals surface area contributed by atoms with E-state index in [1.807, 2.05) is 31.2 Å². The van der Waals surface area contributed by atoms with Gasteiger partial charge in [-0.15, -0.1) is 0 Å². The summed E-state index contributed by atoms with van der Waals surface area (Å²) in [4.78, 5) is 27.4. The van der Waals surface area contributed by atoms with Crippen molar-refractivity contribution in [3.8, 4) is 5.75 Å². The van der Waals surface area contributed by atoms with Gasteiger partial charge in [0.1, 0.15) is 18.3 Å². The van der Waals surface area contributed by atoms with Gasteiger partial charge in [0.05, 0.1) is 19.1 Å². The number of aryl methyl sites for hydroxylation is 1. The van der Waals surface area contributed by atoms with Crippen LogP contribution in [0.5, 0.6) is 5.75 Å². The summed E-state index contributed by atoms with van der Waals surface area (Å²) in [6.07, 6.45) is 0.998. The molecule has 180 valence electrons. The van der Waals surface area contributed by atoms with E-state index in [9.17, 15) is 18.0 Å². The van der Waals surface area contributed by atoms with Gasteiger partial charge in [0.25, 0.3) is 0 Å². The fourth-order valence-electron chi connectivity index (χ4n) is 3.25. The summed E-state index contributed by atoms with van der Waals surface area (Å²) in [6.45, 7) is 5.37. The molecule has 0 aliphatic heterocycles. The molecule has 8 nitrogen and oxygen atoms in total. The number of ether oxygens (including phenoxy) is 1. The fraction of sp³-hybridized carbons (Fsp3) is 0.391. The number of likely N-dealkylation sites (N-methyl/N-ethyl adjacent to an activating group) is 1. The highest BCUT2D eigenvalue weighted by atomic mass is 35.5. The molecule has 0 aliphatic rings. The summed E-state index contributed by atoms with van der Waals surface area (Å²) >= 11 is 6.09. The summed E-state index contributed by atoms with van der Waals surface area (Å²) < 4.78 is 31.5. The molecule has 0 aromatic heterocycles. The summed E-state index contributed by atoms with van der Waals surface area (Å²) in [5.74, 6) is -0.620. The number of rotatable bonds is 10. The van der Waals surface area contributed by atoms with Crippen molar-refractivity contribution in [3.05, 3.63) is 58.6 Å². The number of halogens is 1. The van der Waals surface area contributed by atoms with Crippen LogP contribution in [0.1, 0.15) is 25.0 Å². The van der Waals surface area contributed by atoms with Crippen LogP contribution in [0, 0.1) is 6.92 Å². The third-order valence-electron chi connectivity index (χ3n) is 5.08. The first-order chi connectivity index (χ1) is 15.5. The number of hydrogen-bond acceptors (Lipinski definition) is 5. The van der Waals surface area contributed by atoms with Gasteiger partial charge in [-0.05, 0) is 44.5 Å². The SMILES string of the molecule is CCNC(=O)[C@@H](C)N(Cc1ccc(C)cc1)C(=O)CN(c1cc(Cl)ccc1OC)S(C)(=O)=O. The minimum Gasteiger partial charge on any atom is -0.495 e. The number of sulfonamides is 1. The van der Waals surface area contributed by atoms with E-state index in [4.69, 9.17) is 16.3 Å². The second-order valence-corrected chi connectivity index (χ2v) is 10.0. The molecule has 0 radical (unpaired) electrons. The number of hydrogen-bond donors (Lipinski definition) is 1. The molecule has 2 amide bonds. The summed E-state index contributed by atoms with van der Waals surface area (Å²) in [5.41, 5.74) is 2.02. The number of amides is 2. The molecule has 0 heterocycles. The monoisotopic (exact) mass is 495 g/mol. The Kier molecular flexibility index (Phi) is 9.13. The molecule has 0 spiro atoms. The van der Waals surface area contributed by atoms with E-state index in [-0.39, 0.29) is 23.9 Å². The van der Waals surface area contributed by atoms with Gasteiger partial charge in [0.15, 0.2) is 0 Å². The molecule has 2 aromatic carbocycles. The lowest BCUT2D eigenvalue weighted by molar-refractivity contribution is -0.139. The quantitative estimate of drug-likeness (QED) is 0.546. The Labute approximate surface area is 200 Å². The van der Waals surface area contributed by atoms with Gasteiger partial charge in [-0.1, -0.05) is 41.4 Å². The van der Waals surface area contributed by atoms with Crippen LogP contribution in [0.3, 0.4) is 0 Å². The van der Waals surface area contributed by atoms with Gasteiger partial charge < -0.3 is 15.0 Å². The van der Waals surface area contributed by atoms with Gasteiger partial charge in [-0.25, -0.2) is 8.42 Å². The Morgan fingerprint density at radius 2 is 1.79 bits per heavy atom. The number of carbonyl (C=O) groups is 2. The van der Waals surface area contributed by atoms with Crippen molar-refractivity contribution in [2.75, 3.05) is 30.8 Å². The molecule has 0 aliphatic carbocycles. The summed E-state index contributed by atoms with van der Waals surface area (Å²) in [6, 6.07) is 11.3. The van der Waals surface area contributed by atoms with Crippen molar-refractivity contribution < 1.29 is 22.7 Å². The Morgan fingerprint density at radius 1 is 1.15 bits per heavy atom. The highest BCUT2D eigenvalue weighted by Crippen LogP contribution is 2.33. The average Bonchev–Trinajstić information content (AvgIpc) is 2.75. The molecule has 0 saturated carbocycles. The maximum atomic E-state index is 13.4. The van der Waals surface area contributed by atoms with Crippen LogP contribution in [0.15, 0.2) is 42.5 Å². The van der Waals surface area contributed by atoms with Crippen molar-refractivity contribution in [2.24, 2.45) is 0 Å². The zero-order valence-corrected chi connectivity index (χ0v) is 21.0. The molecule has 0 bridgehead atoms. The first kappa shape index (κ1) is 26.5. The van der Waals surface area contributed by atoms with E-state index in [2.05, 4.69) is 5.32 Å². The topological polar surface area (TPSA) is 96.0 Å². The lowest BCUT2D eigenvalue weighted by Gasteiger charge is -2.31. The van der Waals surface area contributed by atoms with Gasteiger partial charge in [-0.2, -0.15) is 0 Å². The molecule has 0 unspecified atom stereocenters. The molecule has 2 aromatic rings. The highest BCUT2D eigenvalue weighted by Gasteiger charge is 2.31. The Morgan fingerprint density at radius 3 is 2.33 bits per heavy atom. The molecule has 33 heavy (non-hydrogen) atoms. The van der Waals surface area contributed by atoms with Gasteiger partial charge in [0, 0.05) is 18.1 Å². The van der Waals surface area contributed by atoms with Crippen LogP contribution in [0.2, 0.25) is 5.02 Å². The Balaban J connectivity index is 2.44. The molecule has 1 N–H and O–H groups in total. The summed E-state index contributed by atoms with van der Waals surface area (Å²) in [5, 5.41) is 3.01. The Bertz CT molecular complexity index is 1090. The smallest absolute Gasteiger partial charge is 0.244 e. The van der Waals surface area contributed by atoms with Crippen molar-refractivity contribution in [3.63, 3.8) is 0 Å². The second-order valence-electron chi connectivity index (χ2n) is 7.66. The highest BCUT2D eigenvalue weighted by molar-refractivity contribution is 7.92. The molecular weight excluding hydrogens is 466 g/mol. The van der Waals surface area contributed by atoms with Crippen LogP contribution in [0.25, 0.3) is 0 Å². The molecule has 2 rings (SSSR count). The number of nitrogens with one attached hydrogen (secondary N) is 1. The maximum Gasteiger partial charge on any atom is 0.244 e. The van der Waals surface area contributed by atoms with Crippen LogP contribution < -0.4 is 14.4 Å². The first-order valence-electron chi connectivity index (χ1n) is 10.4. The largest absolute Gasteiger partial charge is 0.495 e. The predicted octanol–water partition coefficient (Wildman–Crippen LogP) is 2.98. The van der Waals surface area contributed by atoms with Crippen LogP contribution in [-0.4, -0.2) is 57.6 Å². The number of nitrogens with zero attached hydrogens (tertiary/aromatic N) is 2. The minimum absolute atomic E-state index is 0.141. The number of anilines is 1. The zero-order chi connectivity index (χ0) is 24.8. The van der Waals surface area contributed by atoms with Crippen molar-refractivity contribution in [1.29, 1.82) is 0 Å². The predicted molar refractivity (Wildman–Crippen MR) is 130 cm³/mol. The number of benzene rings is 2. The zero-order valence-electron chi connectivity index (χ0n) is 19.5. The van der Waals surface area contributed by atoms with E-state index in [1.54, 1.807) is 19.9 Å². The first-order valence-corrected chi connectivity index (χ1v) is 12.6. The van der Waals surface area contributed by atoms with Crippen LogP contribution in [0.4, 0.5) is 5.69 Å². The van der Waals surface area contributed by atoms with Gasteiger partial charge >= 0.3 is 0 Å². The van der Waals surface area contributed by atoms with Gasteiger partial charge in [0.2, 0.25) is 21.8 Å². The normalized spacial score (nSPS) is 12.1. The van der Waals surface area contributed by atoms with Crippen molar-refractivity contribution in [2.45, 2.75) is 33.4 Å².